The second-order valence-corrected chi connectivity index (χ2v) is 4.92. The Labute approximate surface area is 118 Å². The highest BCUT2D eigenvalue weighted by Gasteiger charge is 2.22. The van der Waals surface area contributed by atoms with Gasteiger partial charge in [0.2, 0.25) is 0 Å². The molecule has 20 heavy (non-hydrogen) atoms. The molecule has 0 aromatic heterocycles. The maximum absolute atomic E-state index is 12.0. The van der Waals surface area contributed by atoms with E-state index in [0.717, 1.165) is 35.7 Å². The van der Waals surface area contributed by atoms with Crippen LogP contribution in [0.2, 0.25) is 0 Å². The summed E-state index contributed by atoms with van der Waals surface area (Å²) in [6.45, 7) is 1.52. The Balaban J connectivity index is 1.93. The summed E-state index contributed by atoms with van der Waals surface area (Å²) >= 11 is 0. The predicted molar refractivity (Wildman–Crippen MR) is 79.4 cm³/mol. The summed E-state index contributed by atoms with van der Waals surface area (Å²) < 4.78 is 5.40. The molecule has 0 aliphatic carbocycles. The van der Waals surface area contributed by atoms with Crippen LogP contribution in [0.5, 0.6) is 5.75 Å². The van der Waals surface area contributed by atoms with Crippen molar-refractivity contribution in [2.24, 2.45) is 0 Å². The summed E-state index contributed by atoms with van der Waals surface area (Å²) in [5, 5.41) is 0. The Morgan fingerprint density at radius 3 is 2.70 bits per heavy atom. The number of anilines is 1. The summed E-state index contributed by atoms with van der Waals surface area (Å²) in [4.78, 5) is 14.2. The molecule has 2 aromatic carbocycles. The zero-order valence-electron chi connectivity index (χ0n) is 11.5. The van der Waals surface area contributed by atoms with Gasteiger partial charge in [0.15, 0.2) is 5.78 Å². The van der Waals surface area contributed by atoms with Gasteiger partial charge >= 0.3 is 0 Å². The van der Waals surface area contributed by atoms with Gasteiger partial charge in [0.05, 0.1) is 7.11 Å². The zero-order chi connectivity index (χ0) is 13.9. The summed E-state index contributed by atoms with van der Waals surface area (Å²) in [7, 11) is 1.69. The molecule has 1 aliphatic heterocycles. The van der Waals surface area contributed by atoms with Gasteiger partial charge < -0.3 is 9.64 Å². The van der Waals surface area contributed by atoms with E-state index in [1.54, 1.807) is 7.11 Å². The fourth-order valence-electron chi connectivity index (χ4n) is 2.68. The number of ether oxygens (including phenoxy) is 1. The van der Waals surface area contributed by atoms with Crippen LogP contribution in [-0.2, 0) is 6.54 Å². The van der Waals surface area contributed by atoms with E-state index in [0.29, 0.717) is 6.42 Å². The number of Topliss-reactive ketones (excluding diaryl/α,β-unsaturated/α-hetero) is 1. The molecule has 3 rings (SSSR count). The minimum atomic E-state index is 0.233. The van der Waals surface area contributed by atoms with Crippen molar-refractivity contribution < 1.29 is 9.53 Å². The lowest BCUT2D eigenvalue weighted by Crippen LogP contribution is -2.31. The van der Waals surface area contributed by atoms with E-state index in [1.165, 1.54) is 0 Å². The quantitative estimate of drug-likeness (QED) is 0.854. The van der Waals surface area contributed by atoms with E-state index in [-0.39, 0.29) is 5.78 Å². The lowest BCUT2D eigenvalue weighted by atomic mass is 10.00. The van der Waals surface area contributed by atoms with Crippen LogP contribution in [0.25, 0.3) is 0 Å². The molecular weight excluding hydrogens is 250 g/mol. The third kappa shape index (κ3) is 2.27. The second-order valence-electron chi connectivity index (χ2n) is 4.92. The number of methoxy groups -OCH3 is 1. The van der Waals surface area contributed by atoms with Gasteiger partial charge in [-0.05, 0) is 18.2 Å². The van der Waals surface area contributed by atoms with Crippen molar-refractivity contribution in [3.8, 4) is 5.75 Å². The number of hydrogen-bond donors (Lipinski definition) is 0. The Kier molecular flexibility index (Phi) is 3.42. The number of carbonyl (C=O) groups is 1. The van der Waals surface area contributed by atoms with Crippen molar-refractivity contribution in [1.82, 2.24) is 0 Å². The first kappa shape index (κ1) is 12.7. The molecule has 3 heteroatoms. The van der Waals surface area contributed by atoms with Crippen molar-refractivity contribution >= 4 is 11.5 Å². The average molecular weight is 267 g/mol. The molecule has 1 heterocycles. The molecule has 0 atom stereocenters. The highest BCUT2D eigenvalue weighted by Crippen LogP contribution is 2.29. The van der Waals surface area contributed by atoms with Gasteiger partial charge in [-0.15, -0.1) is 0 Å². The van der Waals surface area contributed by atoms with Crippen molar-refractivity contribution in [2.75, 3.05) is 18.6 Å². The first-order chi connectivity index (χ1) is 9.79. The summed E-state index contributed by atoms with van der Waals surface area (Å²) in [5.74, 6) is 1.12. The van der Waals surface area contributed by atoms with Gasteiger partial charge in [0.1, 0.15) is 5.75 Å². The molecule has 0 spiro atoms. The third-order valence-corrected chi connectivity index (χ3v) is 3.71. The average Bonchev–Trinajstić information content (AvgIpc) is 2.51. The Morgan fingerprint density at radius 1 is 1.10 bits per heavy atom. The summed E-state index contributed by atoms with van der Waals surface area (Å²) in [5.41, 5.74) is 2.99. The number of para-hydroxylation sites is 2. The fourth-order valence-corrected chi connectivity index (χ4v) is 2.68. The van der Waals surface area contributed by atoms with Crippen LogP contribution >= 0.6 is 0 Å². The number of hydrogen-bond acceptors (Lipinski definition) is 3. The molecule has 3 nitrogen and oxygen atoms in total. The van der Waals surface area contributed by atoms with Crippen LogP contribution in [0, 0.1) is 0 Å². The van der Waals surface area contributed by atoms with Crippen molar-refractivity contribution in [3.05, 3.63) is 59.7 Å². The largest absolute Gasteiger partial charge is 0.496 e. The van der Waals surface area contributed by atoms with E-state index < -0.39 is 0 Å². The van der Waals surface area contributed by atoms with Gasteiger partial charge in [-0.25, -0.2) is 0 Å². The Bertz CT molecular complexity index is 636. The Hall–Kier alpha value is -2.29. The first-order valence-corrected chi connectivity index (χ1v) is 6.78. The molecule has 0 bridgehead atoms. The number of rotatable bonds is 3. The van der Waals surface area contributed by atoms with E-state index in [9.17, 15) is 4.79 Å². The molecule has 2 aromatic rings. The molecule has 0 radical (unpaired) electrons. The zero-order valence-corrected chi connectivity index (χ0v) is 11.5. The lowest BCUT2D eigenvalue weighted by Gasteiger charge is -2.31. The highest BCUT2D eigenvalue weighted by atomic mass is 16.5. The molecule has 102 valence electrons. The molecule has 0 fully saturated rings. The van der Waals surface area contributed by atoms with Gasteiger partial charge in [0, 0.05) is 36.3 Å². The van der Waals surface area contributed by atoms with Crippen LogP contribution in [-0.4, -0.2) is 19.4 Å². The maximum Gasteiger partial charge on any atom is 0.166 e. The summed E-state index contributed by atoms with van der Waals surface area (Å²) in [6, 6.07) is 15.8. The van der Waals surface area contributed by atoms with Crippen LogP contribution < -0.4 is 9.64 Å². The molecule has 1 aliphatic rings. The van der Waals surface area contributed by atoms with Gasteiger partial charge in [-0.1, -0.05) is 30.3 Å². The molecule has 0 saturated heterocycles. The van der Waals surface area contributed by atoms with Crippen LogP contribution in [0.1, 0.15) is 22.3 Å². The van der Waals surface area contributed by atoms with Crippen molar-refractivity contribution in [3.63, 3.8) is 0 Å². The minimum absolute atomic E-state index is 0.233. The second kappa shape index (κ2) is 5.37. The predicted octanol–water partition coefficient (Wildman–Crippen LogP) is 3.29. The van der Waals surface area contributed by atoms with Gasteiger partial charge in [0.25, 0.3) is 0 Å². The first-order valence-electron chi connectivity index (χ1n) is 6.78. The molecule has 0 amide bonds. The number of benzene rings is 2. The number of fused-ring (bicyclic) bond motifs is 1. The lowest BCUT2D eigenvalue weighted by molar-refractivity contribution is 0.0979. The minimum Gasteiger partial charge on any atom is -0.496 e. The molecular formula is C17H17NO2. The van der Waals surface area contributed by atoms with Gasteiger partial charge in [-0.3, -0.25) is 4.79 Å². The monoisotopic (exact) mass is 267 g/mol. The van der Waals surface area contributed by atoms with Crippen LogP contribution in [0.3, 0.4) is 0 Å². The summed E-state index contributed by atoms with van der Waals surface area (Å²) in [6.07, 6.45) is 0.576. The van der Waals surface area contributed by atoms with Crippen LogP contribution in [0.4, 0.5) is 5.69 Å². The van der Waals surface area contributed by atoms with Crippen molar-refractivity contribution in [2.45, 2.75) is 13.0 Å². The van der Waals surface area contributed by atoms with Crippen molar-refractivity contribution in [1.29, 1.82) is 0 Å². The standard InChI is InChI=1S/C17H17NO2/c1-20-17-9-5-2-6-13(17)12-18-11-10-16(19)14-7-3-4-8-15(14)18/h2-9H,10-12H2,1H3. The van der Waals surface area contributed by atoms with E-state index in [2.05, 4.69) is 11.0 Å². The Morgan fingerprint density at radius 2 is 1.85 bits per heavy atom. The van der Waals surface area contributed by atoms with E-state index >= 15 is 0 Å². The number of nitrogens with zero attached hydrogens (tertiary/aromatic N) is 1. The molecule has 0 saturated carbocycles. The maximum atomic E-state index is 12.0. The van der Waals surface area contributed by atoms with Crippen LogP contribution in [0.15, 0.2) is 48.5 Å². The molecule has 0 N–H and O–H groups in total. The molecule has 0 unspecified atom stereocenters. The number of carbonyl (C=O) groups excluding carboxylic acids is 1. The number of ketones is 1. The topological polar surface area (TPSA) is 29.5 Å². The normalized spacial score (nSPS) is 14.1. The van der Waals surface area contributed by atoms with E-state index in [1.807, 2.05) is 42.5 Å². The SMILES string of the molecule is COc1ccccc1CN1CCC(=O)c2ccccc21. The smallest absolute Gasteiger partial charge is 0.166 e. The van der Waals surface area contributed by atoms with Gasteiger partial charge in [-0.2, -0.15) is 0 Å². The van der Waals surface area contributed by atoms with E-state index in [4.69, 9.17) is 4.74 Å². The third-order valence-electron chi connectivity index (χ3n) is 3.71. The highest BCUT2D eigenvalue weighted by molar-refractivity contribution is 6.03. The fraction of sp³-hybridized carbons (Fsp3) is 0.235.